The number of hydrogen-bond donors (Lipinski definition) is 0. The number of benzene rings is 2. The molecule has 1 fully saturated rings. The van der Waals surface area contributed by atoms with Crippen molar-refractivity contribution < 1.29 is 4.79 Å². The normalized spacial score (nSPS) is 14.5. The first-order chi connectivity index (χ1) is 15.2. The van der Waals surface area contributed by atoms with Crippen LogP contribution in [-0.4, -0.2) is 33.4 Å². The Morgan fingerprint density at radius 1 is 1.00 bits per heavy atom. The third-order valence-electron chi connectivity index (χ3n) is 6.55. The van der Waals surface area contributed by atoms with E-state index in [2.05, 4.69) is 60.4 Å². The van der Waals surface area contributed by atoms with Gasteiger partial charge in [0.2, 0.25) is 0 Å². The standard InChI is InChI=1S/C27H33N3O/c1-3-4-8-21-11-13-22(14-12-21)23-15-17-25(18-16-23)30-20-28-19-26(30)27(31)29(2)24-9-6-5-7-10-24/h11-20,24H,3-10H2,1-2H3. The summed E-state index contributed by atoms with van der Waals surface area (Å²) in [5.41, 5.74) is 5.37. The predicted octanol–water partition coefficient (Wildman–Crippen LogP) is 6.29. The smallest absolute Gasteiger partial charge is 0.272 e. The Hall–Kier alpha value is -2.88. The first-order valence-corrected chi connectivity index (χ1v) is 11.7. The van der Waals surface area contributed by atoms with Gasteiger partial charge in [-0.15, -0.1) is 0 Å². The number of aromatic nitrogens is 2. The van der Waals surface area contributed by atoms with Crippen LogP contribution in [0.15, 0.2) is 61.1 Å². The molecule has 1 amide bonds. The van der Waals surface area contributed by atoms with Crippen LogP contribution in [0.1, 0.15) is 67.9 Å². The minimum atomic E-state index is 0.0520. The van der Waals surface area contributed by atoms with Crippen LogP contribution in [0.2, 0.25) is 0 Å². The first kappa shape index (κ1) is 21.4. The minimum Gasteiger partial charge on any atom is -0.337 e. The first-order valence-electron chi connectivity index (χ1n) is 11.7. The molecule has 4 heteroatoms. The SMILES string of the molecule is CCCCc1ccc(-c2ccc(-n3cncc3C(=O)N(C)C3CCCCC3)cc2)cc1. The summed E-state index contributed by atoms with van der Waals surface area (Å²) in [7, 11) is 1.93. The van der Waals surface area contributed by atoms with Crippen LogP contribution in [-0.2, 0) is 6.42 Å². The van der Waals surface area contributed by atoms with E-state index in [0.29, 0.717) is 11.7 Å². The highest BCUT2D eigenvalue weighted by atomic mass is 16.2. The molecule has 1 aromatic heterocycles. The minimum absolute atomic E-state index is 0.0520. The molecule has 1 saturated carbocycles. The molecule has 2 aromatic carbocycles. The van der Waals surface area contributed by atoms with E-state index in [4.69, 9.17) is 0 Å². The van der Waals surface area contributed by atoms with Crippen LogP contribution >= 0.6 is 0 Å². The van der Waals surface area contributed by atoms with Crippen molar-refractivity contribution in [2.24, 2.45) is 0 Å². The third kappa shape index (κ3) is 4.90. The van der Waals surface area contributed by atoms with Crippen LogP contribution in [0.3, 0.4) is 0 Å². The van der Waals surface area contributed by atoms with Gasteiger partial charge in [-0.3, -0.25) is 9.36 Å². The van der Waals surface area contributed by atoms with Crippen LogP contribution in [0.4, 0.5) is 0 Å². The fourth-order valence-corrected chi connectivity index (χ4v) is 4.53. The number of unbranched alkanes of at least 4 members (excludes halogenated alkanes) is 1. The highest BCUT2D eigenvalue weighted by Crippen LogP contribution is 2.25. The third-order valence-corrected chi connectivity index (χ3v) is 6.55. The molecule has 0 radical (unpaired) electrons. The molecule has 0 bridgehead atoms. The fourth-order valence-electron chi connectivity index (χ4n) is 4.53. The molecular formula is C27H33N3O. The van der Waals surface area contributed by atoms with Crippen molar-refractivity contribution in [1.82, 2.24) is 14.5 Å². The number of aryl methyl sites for hydroxylation is 1. The van der Waals surface area contributed by atoms with Gasteiger partial charge in [0.25, 0.3) is 5.91 Å². The molecule has 0 N–H and O–H groups in total. The molecule has 0 atom stereocenters. The Morgan fingerprint density at radius 2 is 1.65 bits per heavy atom. The quantitative estimate of drug-likeness (QED) is 0.455. The van der Waals surface area contributed by atoms with Crippen molar-refractivity contribution in [3.8, 4) is 16.8 Å². The zero-order valence-electron chi connectivity index (χ0n) is 18.8. The van der Waals surface area contributed by atoms with Gasteiger partial charge < -0.3 is 4.90 Å². The number of amides is 1. The fraction of sp³-hybridized carbons (Fsp3) is 0.407. The number of rotatable bonds is 7. The van der Waals surface area contributed by atoms with E-state index in [1.165, 1.54) is 48.8 Å². The van der Waals surface area contributed by atoms with Gasteiger partial charge in [-0.05, 0) is 54.5 Å². The van der Waals surface area contributed by atoms with Gasteiger partial charge in [-0.2, -0.15) is 0 Å². The molecule has 31 heavy (non-hydrogen) atoms. The Morgan fingerprint density at radius 3 is 2.29 bits per heavy atom. The van der Waals surface area contributed by atoms with Crippen LogP contribution in [0, 0.1) is 0 Å². The van der Waals surface area contributed by atoms with Crippen molar-refractivity contribution in [1.29, 1.82) is 0 Å². The van der Waals surface area contributed by atoms with Gasteiger partial charge in [-0.1, -0.05) is 69.0 Å². The summed E-state index contributed by atoms with van der Waals surface area (Å²) in [6, 6.07) is 17.6. The Bertz CT molecular complexity index is 982. The van der Waals surface area contributed by atoms with Crippen molar-refractivity contribution in [2.75, 3.05) is 7.05 Å². The van der Waals surface area contributed by atoms with Crippen LogP contribution < -0.4 is 0 Å². The maximum absolute atomic E-state index is 13.2. The van der Waals surface area contributed by atoms with E-state index in [1.807, 2.05) is 16.5 Å². The zero-order valence-corrected chi connectivity index (χ0v) is 18.8. The van der Waals surface area contributed by atoms with E-state index in [9.17, 15) is 4.79 Å². The summed E-state index contributed by atoms with van der Waals surface area (Å²) < 4.78 is 1.90. The number of imidazole rings is 1. The number of nitrogens with zero attached hydrogens (tertiary/aromatic N) is 3. The largest absolute Gasteiger partial charge is 0.337 e. The van der Waals surface area contributed by atoms with Gasteiger partial charge in [-0.25, -0.2) is 4.98 Å². The molecule has 3 aromatic rings. The van der Waals surface area contributed by atoms with Crippen molar-refractivity contribution in [3.63, 3.8) is 0 Å². The molecule has 4 nitrogen and oxygen atoms in total. The number of carbonyl (C=O) groups is 1. The number of carbonyl (C=O) groups excluding carboxylic acids is 1. The van der Waals surface area contributed by atoms with Crippen LogP contribution in [0.5, 0.6) is 0 Å². The topological polar surface area (TPSA) is 38.1 Å². The molecule has 4 rings (SSSR count). The van der Waals surface area contributed by atoms with Gasteiger partial charge in [0.15, 0.2) is 0 Å². The lowest BCUT2D eigenvalue weighted by Crippen LogP contribution is -2.39. The lowest BCUT2D eigenvalue weighted by atomic mass is 9.94. The monoisotopic (exact) mass is 415 g/mol. The summed E-state index contributed by atoms with van der Waals surface area (Å²) in [6.45, 7) is 2.23. The summed E-state index contributed by atoms with van der Waals surface area (Å²) >= 11 is 0. The molecule has 1 aliphatic rings. The molecule has 0 spiro atoms. The molecule has 0 aliphatic heterocycles. The highest BCUT2D eigenvalue weighted by Gasteiger charge is 2.25. The Labute approximate surface area is 185 Å². The molecule has 1 heterocycles. The van der Waals surface area contributed by atoms with Crippen LogP contribution in [0.25, 0.3) is 16.8 Å². The lowest BCUT2D eigenvalue weighted by Gasteiger charge is -2.31. The maximum atomic E-state index is 13.2. The van der Waals surface area contributed by atoms with Gasteiger partial charge >= 0.3 is 0 Å². The van der Waals surface area contributed by atoms with E-state index in [0.717, 1.165) is 24.9 Å². The second-order valence-corrected chi connectivity index (χ2v) is 8.70. The maximum Gasteiger partial charge on any atom is 0.272 e. The molecule has 0 unspecified atom stereocenters. The molecule has 162 valence electrons. The van der Waals surface area contributed by atoms with Crippen molar-refractivity contribution >= 4 is 5.91 Å². The molecule has 1 aliphatic carbocycles. The predicted molar refractivity (Wildman–Crippen MR) is 127 cm³/mol. The summed E-state index contributed by atoms with van der Waals surface area (Å²) in [4.78, 5) is 19.4. The van der Waals surface area contributed by atoms with Crippen molar-refractivity contribution in [3.05, 3.63) is 72.3 Å². The lowest BCUT2D eigenvalue weighted by molar-refractivity contribution is 0.0688. The summed E-state index contributed by atoms with van der Waals surface area (Å²) in [5, 5.41) is 0. The number of hydrogen-bond acceptors (Lipinski definition) is 2. The summed E-state index contributed by atoms with van der Waals surface area (Å²) in [5.74, 6) is 0.0520. The zero-order chi connectivity index (χ0) is 21.6. The Kier molecular flexibility index (Phi) is 6.86. The van der Waals surface area contributed by atoms with E-state index < -0.39 is 0 Å². The molecule has 0 saturated heterocycles. The second-order valence-electron chi connectivity index (χ2n) is 8.70. The highest BCUT2D eigenvalue weighted by molar-refractivity contribution is 5.93. The average Bonchev–Trinajstić information content (AvgIpc) is 3.33. The van der Waals surface area contributed by atoms with E-state index in [-0.39, 0.29) is 5.91 Å². The van der Waals surface area contributed by atoms with Gasteiger partial charge in [0.1, 0.15) is 5.69 Å². The second kappa shape index (κ2) is 9.95. The van der Waals surface area contributed by atoms with E-state index in [1.54, 1.807) is 12.5 Å². The van der Waals surface area contributed by atoms with Gasteiger partial charge in [0.05, 0.1) is 12.5 Å². The van der Waals surface area contributed by atoms with Crippen molar-refractivity contribution in [2.45, 2.75) is 64.3 Å². The molecular weight excluding hydrogens is 382 g/mol. The average molecular weight is 416 g/mol. The Balaban J connectivity index is 1.50. The van der Waals surface area contributed by atoms with E-state index >= 15 is 0 Å². The summed E-state index contributed by atoms with van der Waals surface area (Å²) in [6.07, 6.45) is 12.9. The van der Waals surface area contributed by atoms with Gasteiger partial charge in [0, 0.05) is 18.8 Å².